The molecule has 2 aromatic carbocycles. The van der Waals surface area contributed by atoms with Gasteiger partial charge in [0.2, 0.25) is 10.0 Å². The van der Waals surface area contributed by atoms with E-state index in [1.165, 1.54) is 4.31 Å². The first-order chi connectivity index (χ1) is 16.8. The molecule has 1 aliphatic rings. The van der Waals surface area contributed by atoms with Gasteiger partial charge in [0, 0.05) is 5.56 Å². The van der Waals surface area contributed by atoms with Crippen molar-refractivity contribution < 1.29 is 22.7 Å². The fourth-order valence-corrected chi connectivity index (χ4v) is 4.99. The third kappa shape index (κ3) is 7.83. The summed E-state index contributed by atoms with van der Waals surface area (Å²) in [5, 5.41) is 10.9. The average Bonchev–Trinajstić information content (AvgIpc) is 2.83. The molecule has 0 aliphatic carbocycles. The molecule has 1 aliphatic heterocycles. The van der Waals surface area contributed by atoms with E-state index in [1.54, 1.807) is 61.5 Å². The fourth-order valence-electron chi connectivity index (χ4n) is 3.70. The van der Waals surface area contributed by atoms with Gasteiger partial charge in [-0.05, 0) is 68.8 Å². The highest BCUT2D eigenvalue weighted by atomic mass is 32.2. The first kappa shape index (κ1) is 26.2. The van der Waals surface area contributed by atoms with E-state index >= 15 is 0 Å². The number of hydrogen-bond acceptors (Lipinski definition) is 7. The highest BCUT2D eigenvalue weighted by molar-refractivity contribution is 7.93. The topological polar surface area (TPSA) is 135 Å². The van der Waals surface area contributed by atoms with Gasteiger partial charge in [0.05, 0.1) is 18.8 Å². The number of nitrogens with zero attached hydrogens (tertiary/aromatic N) is 1. The molecule has 0 spiro atoms. The van der Waals surface area contributed by atoms with Crippen LogP contribution < -0.4 is 20.1 Å². The van der Waals surface area contributed by atoms with Crippen LogP contribution in [-0.2, 0) is 19.6 Å². The second-order valence-electron chi connectivity index (χ2n) is 8.09. The molecule has 0 unspecified atom stereocenters. The number of sulfonamides is 1. The molecular formula is C25H32N4O5S. The first-order valence-corrected chi connectivity index (χ1v) is 13.1. The zero-order valence-corrected chi connectivity index (χ0v) is 20.6. The molecule has 9 nitrogen and oxygen atoms in total. The van der Waals surface area contributed by atoms with Gasteiger partial charge in [0.1, 0.15) is 17.7 Å². The fraction of sp³-hybridized carbons (Fsp3) is 0.360. The van der Waals surface area contributed by atoms with Gasteiger partial charge in [0.25, 0.3) is 0 Å². The van der Waals surface area contributed by atoms with Gasteiger partial charge < -0.3 is 20.5 Å². The minimum absolute atomic E-state index is 0.000531. The van der Waals surface area contributed by atoms with E-state index in [2.05, 4.69) is 5.32 Å². The SMILES string of the molecule is CCOC(=O)CS(=O)(=O)N(CC=Cc1cccc(C(=N)N)c1)c1ccc(OC2CCNCC2)cc1. The number of rotatable bonds is 11. The molecule has 1 heterocycles. The number of piperidine rings is 1. The van der Waals surface area contributed by atoms with Crippen molar-refractivity contribution >= 4 is 33.6 Å². The molecule has 4 N–H and O–H groups in total. The Kier molecular flexibility index (Phi) is 9.27. The molecule has 0 atom stereocenters. The molecule has 1 fully saturated rings. The minimum Gasteiger partial charge on any atom is -0.490 e. The largest absolute Gasteiger partial charge is 0.490 e. The van der Waals surface area contributed by atoms with E-state index in [0.717, 1.165) is 31.5 Å². The standard InChI is InChI=1S/C25H32N4O5S/c1-2-33-24(30)18-35(31,32)29(16-4-6-19-5-3-7-20(17-19)25(26)27)21-8-10-22(11-9-21)34-23-12-14-28-15-13-23/h3-11,17,23,28H,2,12-16,18H2,1H3,(H3,26,27). The Morgan fingerprint density at radius 3 is 2.57 bits per heavy atom. The zero-order valence-electron chi connectivity index (χ0n) is 19.8. The summed E-state index contributed by atoms with van der Waals surface area (Å²) in [4.78, 5) is 12.0. The summed E-state index contributed by atoms with van der Waals surface area (Å²) in [7, 11) is -4.01. The molecule has 2 aromatic rings. The van der Waals surface area contributed by atoms with Crippen molar-refractivity contribution in [3.63, 3.8) is 0 Å². The molecule has 0 radical (unpaired) electrons. The lowest BCUT2D eigenvalue weighted by Crippen LogP contribution is -2.36. The highest BCUT2D eigenvalue weighted by Gasteiger charge is 2.26. The van der Waals surface area contributed by atoms with Crippen LogP contribution in [0.3, 0.4) is 0 Å². The smallest absolute Gasteiger partial charge is 0.323 e. The number of nitrogens with one attached hydrogen (secondary N) is 2. The summed E-state index contributed by atoms with van der Waals surface area (Å²) < 4.78 is 38.3. The molecule has 188 valence electrons. The number of amidine groups is 1. The number of nitrogen functional groups attached to an aromatic ring is 1. The molecule has 35 heavy (non-hydrogen) atoms. The average molecular weight is 501 g/mol. The number of esters is 1. The summed E-state index contributed by atoms with van der Waals surface area (Å²) in [5.74, 6) is -0.950. The Morgan fingerprint density at radius 1 is 1.20 bits per heavy atom. The maximum atomic E-state index is 13.1. The molecule has 1 saturated heterocycles. The molecule has 3 rings (SSSR count). The van der Waals surface area contributed by atoms with E-state index < -0.39 is 21.7 Å². The van der Waals surface area contributed by atoms with E-state index in [1.807, 2.05) is 6.07 Å². The lowest BCUT2D eigenvalue weighted by Gasteiger charge is -2.25. The molecule has 0 amide bonds. The van der Waals surface area contributed by atoms with Crippen molar-refractivity contribution in [3.8, 4) is 5.75 Å². The van der Waals surface area contributed by atoms with Gasteiger partial charge in [-0.1, -0.05) is 30.4 Å². The van der Waals surface area contributed by atoms with Crippen LogP contribution in [0.25, 0.3) is 6.08 Å². The second kappa shape index (κ2) is 12.4. The molecule has 10 heteroatoms. The maximum Gasteiger partial charge on any atom is 0.323 e. The molecule has 0 saturated carbocycles. The Balaban J connectivity index is 1.80. The minimum atomic E-state index is -4.01. The second-order valence-corrected chi connectivity index (χ2v) is 9.99. The third-order valence-electron chi connectivity index (χ3n) is 5.43. The Bertz CT molecular complexity index is 1140. The molecular weight excluding hydrogens is 468 g/mol. The van der Waals surface area contributed by atoms with Gasteiger partial charge >= 0.3 is 5.97 Å². The monoisotopic (exact) mass is 500 g/mol. The van der Waals surface area contributed by atoms with Crippen molar-refractivity contribution in [2.45, 2.75) is 25.9 Å². The van der Waals surface area contributed by atoms with Crippen LogP contribution in [0, 0.1) is 5.41 Å². The number of carbonyl (C=O) groups excluding carboxylic acids is 1. The van der Waals surface area contributed by atoms with Crippen LogP contribution in [0.4, 0.5) is 5.69 Å². The predicted molar refractivity (Wildman–Crippen MR) is 137 cm³/mol. The number of carbonyl (C=O) groups is 1. The van der Waals surface area contributed by atoms with E-state index in [0.29, 0.717) is 17.0 Å². The molecule has 0 aromatic heterocycles. The van der Waals surface area contributed by atoms with Gasteiger partial charge in [-0.15, -0.1) is 0 Å². The highest BCUT2D eigenvalue weighted by Crippen LogP contribution is 2.24. The lowest BCUT2D eigenvalue weighted by atomic mass is 10.1. The van der Waals surface area contributed by atoms with Crippen LogP contribution in [-0.4, -0.2) is 58.3 Å². The van der Waals surface area contributed by atoms with E-state index in [9.17, 15) is 13.2 Å². The predicted octanol–water partition coefficient (Wildman–Crippen LogP) is 2.51. The van der Waals surface area contributed by atoms with Crippen LogP contribution >= 0.6 is 0 Å². The summed E-state index contributed by atoms with van der Waals surface area (Å²) in [6, 6.07) is 13.9. The third-order valence-corrected chi connectivity index (χ3v) is 7.07. The van der Waals surface area contributed by atoms with Crippen LogP contribution in [0.1, 0.15) is 30.9 Å². The Hall–Kier alpha value is -3.37. The maximum absolute atomic E-state index is 13.1. The summed E-state index contributed by atoms with van der Waals surface area (Å²) in [5.41, 5.74) is 7.30. The van der Waals surface area contributed by atoms with Crippen molar-refractivity contribution in [2.24, 2.45) is 5.73 Å². The van der Waals surface area contributed by atoms with Crippen molar-refractivity contribution in [2.75, 3.05) is 36.3 Å². The lowest BCUT2D eigenvalue weighted by molar-refractivity contribution is -0.139. The normalized spacial score (nSPS) is 14.5. The Morgan fingerprint density at radius 2 is 1.91 bits per heavy atom. The summed E-state index contributed by atoms with van der Waals surface area (Å²) in [6.45, 7) is 3.54. The Labute approximate surface area is 206 Å². The first-order valence-electron chi connectivity index (χ1n) is 11.5. The quantitative estimate of drug-likeness (QED) is 0.245. The number of nitrogens with two attached hydrogens (primary N) is 1. The van der Waals surface area contributed by atoms with E-state index in [-0.39, 0.29) is 25.1 Å². The van der Waals surface area contributed by atoms with Crippen LogP contribution in [0.15, 0.2) is 54.6 Å². The van der Waals surface area contributed by atoms with Gasteiger partial charge in [-0.3, -0.25) is 14.5 Å². The summed E-state index contributed by atoms with van der Waals surface area (Å²) >= 11 is 0. The zero-order chi connectivity index (χ0) is 25.3. The number of anilines is 1. The van der Waals surface area contributed by atoms with Crippen molar-refractivity contribution in [1.29, 1.82) is 5.41 Å². The number of benzene rings is 2. The van der Waals surface area contributed by atoms with E-state index in [4.69, 9.17) is 20.6 Å². The van der Waals surface area contributed by atoms with Gasteiger partial charge in [-0.25, -0.2) is 8.42 Å². The van der Waals surface area contributed by atoms with Crippen molar-refractivity contribution in [3.05, 3.63) is 65.7 Å². The van der Waals surface area contributed by atoms with Crippen LogP contribution in [0.2, 0.25) is 0 Å². The summed E-state index contributed by atoms with van der Waals surface area (Å²) in [6.07, 6.45) is 5.38. The number of hydrogen-bond donors (Lipinski definition) is 3. The van der Waals surface area contributed by atoms with Gasteiger partial charge in [0.15, 0.2) is 5.75 Å². The van der Waals surface area contributed by atoms with Gasteiger partial charge in [-0.2, -0.15) is 0 Å². The molecule has 0 bridgehead atoms. The number of ether oxygens (including phenoxy) is 2. The van der Waals surface area contributed by atoms with Crippen molar-refractivity contribution in [1.82, 2.24) is 5.32 Å². The van der Waals surface area contributed by atoms with Crippen LogP contribution in [0.5, 0.6) is 5.75 Å².